The summed E-state index contributed by atoms with van der Waals surface area (Å²) in [4.78, 5) is 25.3. The predicted octanol–water partition coefficient (Wildman–Crippen LogP) is 13.9. The van der Waals surface area contributed by atoms with E-state index in [0.717, 1.165) is 56.0 Å². The molecule has 0 aromatic rings. The summed E-state index contributed by atoms with van der Waals surface area (Å²) in [6.45, 7) is 6.94. The fourth-order valence-electron chi connectivity index (χ4n) is 6.93. The number of hydrogen-bond acceptors (Lipinski definition) is 7. The van der Waals surface area contributed by atoms with Crippen molar-refractivity contribution in [2.75, 3.05) is 54.2 Å². The second-order valence-corrected chi connectivity index (χ2v) is 19.5. The molecule has 0 N–H and O–H groups in total. The van der Waals surface area contributed by atoms with Crippen LogP contribution in [0.25, 0.3) is 0 Å². The van der Waals surface area contributed by atoms with Gasteiger partial charge in [-0.05, 0) is 12.8 Å². The normalized spacial score (nSPS) is 13.5. The Labute approximate surface area is 341 Å². The second-order valence-electron chi connectivity index (χ2n) is 17.5. The molecule has 0 fully saturated rings. The fraction of sp³-hybridized carbons (Fsp3) is 0.957. The van der Waals surface area contributed by atoms with Gasteiger partial charge >= 0.3 is 19.5 Å². The molecule has 0 saturated carbocycles. The molecular formula is C46H93NO7P+. The molecule has 0 saturated heterocycles. The molecule has 328 valence electrons. The molecule has 0 rings (SSSR count). The Bertz CT molecular complexity index is 909. The highest BCUT2D eigenvalue weighted by Crippen LogP contribution is 2.44. The van der Waals surface area contributed by atoms with E-state index in [2.05, 4.69) is 35.0 Å². The molecule has 0 spiro atoms. The van der Waals surface area contributed by atoms with Gasteiger partial charge in [-0.2, -0.15) is 0 Å². The van der Waals surface area contributed by atoms with Crippen LogP contribution in [0.4, 0.5) is 0 Å². The molecule has 55 heavy (non-hydrogen) atoms. The standard InChI is InChI=1S/C46H93NO7P/c1-7-9-11-13-15-17-19-21-23-25-27-29-31-33-35-38-45(48)51-42-44(43-53-55(6,50)52-41-37-40-47(3,4)5)54-46(49)39-36-34-32-30-28-26-24-22-20-18-16-14-12-10-8-2/h44H,7-43H2,1-6H3/q+1. The third kappa shape index (κ3) is 42.5. The molecule has 0 aliphatic heterocycles. The first-order valence-corrected chi connectivity index (χ1v) is 25.5. The summed E-state index contributed by atoms with van der Waals surface area (Å²) in [7, 11) is 2.94. The van der Waals surface area contributed by atoms with Gasteiger partial charge in [-0.15, -0.1) is 0 Å². The molecule has 8 nitrogen and oxygen atoms in total. The van der Waals surface area contributed by atoms with Gasteiger partial charge in [0.05, 0.1) is 40.9 Å². The third-order valence-corrected chi connectivity index (χ3v) is 11.8. The van der Waals surface area contributed by atoms with Crippen molar-refractivity contribution in [1.82, 2.24) is 0 Å². The number of esters is 2. The lowest BCUT2D eigenvalue weighted by Crippen LogP contribution is -2.35. The lowest BCUT2D eigenvalue weighted by atomic mass is 10.0. The van der Waals surface area contributed by atoms with E-state index in [9.17, 15) is 14.2 Å². The number of nitrogens with zero attached hydrogens (tertiary/aromatic N) is 1. The van der Waals surface area contributed by atoms with Gasteiger partial charge in [-0.3, -0.25) is 14.2 Å². The first kappa shape index (κ1) is 54.0. The van der Waals surface area contributed by atoms with Crippen LogP contribution in [0.2, 0.25) is 0 Å². The van der Waals surface area contributed by atoms with Crippen molar-refractivity contribution in [2.24, 2.45) is 0 Å². The van der Waals surface area contributed by atoms with Crippen LogP contribution < -0.4 is 0 Å². The Morgan fingerprint density at radius 3 is 1.18 bits per heavy atom. The fourth-order valence-corrected chi connectivity index (χ4v) is 7.90. The van der Waals surface area contributed by atoms with Crippen LogP contribution in [0.5, 0.6) is 0 Å². The van der Waals surface area contributed by atoms with Gasteiger partial charge in [0.1, 0.15) is 6.61 Å². The average molecular weight is 803 g/mol. The monoisotopic (exact) mass is 803 g/mol. The van der Waals surface area contributed by atoms with Crippen molar-refractivity contribution in [1.29, 1.82) is 0 Å². The predicted molar refractivity (Wildman–Crippen MR) is 233 cm³/mol. The van der Waals surface area contributed by atoms with Crippen LogP contribution in [0.3, 0.4) is 0 Å². The summed E-state index contributed by atoms with van der Waals surface area (Å²) in [5, 5.41) is 0. The molecule has 0 aliphatic carbocycles. The van der Waals surface area contributed by atoms with Crippen LogP contribution in [0, 0.1) is 0 Å². The Morgan fingerprint density at radius 1 is 0.473 bits per heavy atom. The van der Waals surface area contributed by atoms with E-state index >= 15 is 0 Å². The highest BCUT2D eigenvalue weighted by atomic mass is 31.2. The van der Waals surface area contributed by atoms with Crippen molar-refractivity contribution in [3.8, 4) is 0 Å². The Balaban J connectivity index is 4.33. The van der Waals surface area contributed by atoms with Crippen molar-refractivity contribution in [3.63, 3.8) is 0 Å². The maximum absolute atomic E-state index is 13.0. The Kier molecular flexibility index (Phi) is 37.9. The van der Waals surface area contributed by atoms with Gasteiger partial charge in [0.2, 0.25) is 0 Å². The van der Waals surface area contributed by atoms with E-state index in [-0.39, 0.29) is 25.2 Å². The SMILES string of the molecule is CCCCCCCCCCCCCCCCCC(=O)OCC(COP(C)(=O)OCCC[N+](C)(C)C)OC(=O)CCCCCCCCCCCCCCCCC. The second kappa shape index (κ2) is 38.6. The number of carbonyl (C=O) groups is 2. The number of quaternary nitrogens is 1. The highest BCUT2D eigenvalue weighted by Gasteiger charge is 2.24. The zero-order valence-electron chi connectivity index (χ0n) is 37.5. The van der Waals surface area contributed by atoms with Crippen LogP contribution in [-0.2, 0) is 32.7 Å². The summed E-state index contributed by atoms with van der Waals surface area (Å²) < 4.78 is 36.2. The Morgan fingerprint density at radius 2 is 0.818 bits per heavy atom. The van der Waals surface area contributed by atoms with E-state index in [1.807, 2.05) is 0 Å². The first-order valence-electron chi connectivity index (χ1n) is 23.5. The van der Waals surface area contributed by atoms with E-state index < -0.39 is 13.7 Å². The molecule has 9 heteroatoms. The molecule has 0 radical (unpaired) electrons. The van der Waals surface area contributed by atoms with Crippen LogP contribution in [-0.4, -0.2) is 76.7 Å². The van der Waals surface area contributed by atoms with Crippen LogP contribution >= 0.6 is 7.60 Å². The van der Waals surface area contributed by atoms with E-state index in [1.54, 1.807) is 0 Å². The molecule has 0 amide bonds. The number of carbonyl (C=O) groups excluding carboxylic acids is 2. The number of unbranched alkanes of at least 4 members (excludes halogenated alkanes) is 28. The molecule has 0 bridgehead atoms. The number of rotatable bonds is 43. The average Bonchev–Trinajstić information content (AvgIpc) is 3.14. The Hall–Kier alpha value is -0.950. The molecule has 0 heterocycles. The van der Waals surface area contributed by atoms with Crippen LogP contribution in [0.15, 0.2) is 0 Å². The smallest absolute Gasteiger partial charge is 0.327 e. The van der Waals surface area contributed by atoms with Crippen molar-refractivity contribution >= 4 is 19.5 Å². The minimum Gasteiger partial charge on any atom is -0.462 e. The van der Waals surface area contributed by atoms with Gasteiger partial charge in [0.25, 0.3) is 0 Å². The molecule has 0 aliphatic rings. The quantitative estimate of drug-likeness (QED) is 0.0262. The summed E-state index contributed by atoms with van der Waals surface area (Å²) >= 11 is 0. The van der Waals surface area contributed by atoms with Crippen LogP contribution in [0.1, 0.15) is 226 Å². The maximum Gasteiger partial charge on any atom is 0.327 e. The zero-order chi connectivity index (χ0) is 40.7. The van der Waals surface area contributed by atoms with Gasteiger partial charge in [0, 0.05) is 25.9 Å². The summed E-state index contributed by atoms with van der Waals surface area (Å²) in [6.07, 6.45) is 38.7. The summed E-state index contributed by atoms with van der Waals surface area (Å²) in [5.41, 5.74) is 0. The van der Waals surface area contributed by atoms with Gasteiger partial charge < -0.3 is 23.0 Å². The first-order chi connectivity index (χ1) is 26.5. The summed E-state index contributed by atoms with van der Waals surface area (Å²) in [5.74, 6) is -0.633. The van der Waals surface area contributed by atoms with Crippen molar-refractivity contribution < 1.29 is 37.2 Å². The van der Waals surface area contributed by atoms with Crippen molar-refractivity contribution in [2.45, 2.75) is 232 Å². The molecule has 0 aromatic carbocycles. The molecule has 2 atom stereocenters. The topological polar surface area (TPSA) is 88.1 Å². The lowest BCUT2D eigenvalue weighted by Gasteiger charge is -2.24. The number of ether oxygens (including phenoxy) is 2. The molecule has 0 aromatic heterocycles. The molecule has 2 unspecified atom stereocenters. The lowest BCUT2D eigenvalue weighted by molar-refractivity contribution is -0.870. The number of hydrogen-bond donors (Lipinski definition) is 0. The third-order valence-electron chi connectivity index (χ3n) is 10.5. The minimum absolute atomic E-state index is 0.107. The van der Waals surface area contributed by atoms with Gasteiger partial charge in [0.15, 0.2) is 6.10 Å². The largest absolute Gasteiger partial charge is 0.462 e. The van der Waals surface area contributed by atoms with Gasteiger partial charge in [-0.25, -0.2) is 0 Å². The highest BCUT2D eigenvalue weighted by molar-refractivity contribution is 7.52. The van der Waals surface area contributed by atoms with Gasteiger partial charge in [-0.1, -0.05) is 194 Å². The van der Waals surface area contributed by atoms with E-state index in [0.29, 0.717) is 19.4 Å². The zero-order valence-corrected chi connectivity index (χ0v) is 38.4. The summed E-state index contributed by atoms with van der Waals surface area (Å²) in [6, 6.07) is 0. The minimum atomic E-state index is -3.36. The van der Waals surface area contributed by atoms with Crippen molar-refractivity contribution in [3.05, 3.63) is 0 Å². The molecular weight excluding hydrogens is 709 g/mol. The van der Waals surface area contributed by atoms with E-state index in [1.165, 1.54) is 161 Å². The van der Waals surface area contributed by atoms with E-state index in [4.69, 9.17) is 18.5 Å². The maximum atomic E-state index is 13.0.